The van der Waals surface area contributed by atoms with Gasteiger partial charge < -0.3 is 16.0 Å². The molecule has 0 spiro atoms. The van der Waals surface area contributed by atoms with E-state index in [0.29, 0.717) is 5.56 Å². The molecule has 1 saturated carbocycles. The predicted octanol–water partition coefficient (Wildman–Crippen LogP) is 3.25. The summed E-state index contributed by atoms with van der Waals surface area (Å²) in [4.78, 5) is 16.1. The summed E-state index contributed by atoms with van der Waals surface area (Å²) in [5.41, 5.74) is 3.37. The van der Waals surface area contributed by atoms with Gasteiger partial charge in [0.25, 0.3) is 5.91 Å². The molecule has 1 aliphatic carbocycles. The third-order valence-electron chi connectivity index (χ3n) is 5.24. The van der Waals surface area contributed by atoms with E-state index in [1.165, 1.54) is 22.9 Å². The molecule has 3 N–H and O–H groups in total. The van der Waals surface area contributed by atoms with E-state index in [0.717, 1.165) is 31.0 Å². The number of halogens is 1. The second-order valence-electron chi connectivity index (χ2n) is 7.14. The topological polar surface area (TPSA) is 65.5 Å². The van der Waals surface area contributed by atoms with Crippen molar-refractivity contribution < 1.29 is 4.79 Å². The van der Waals surface area contributed by atoms with Crippen LogP contribution >= 0.6 is 15.9 Å². The van der Waals surface area contributed by atoms with Crippen LogP contribution in [0.25, 0.3) is 0 Å². The molecule has 0 aliphatic heterocycles. The quantitative estimate of drug-likeness (QED) is 0.455. The Hall–Kier alpha value is -2.34. The molecule has 2 aromatic rings. The smallest absolute Gasteiger partial charge is 0.251 e. The third kappa shape index (κ3) is 4.93. The number of hydrogen-bond donors (Lipinski definition) is 3. The molecule has 148 valence electrons. The second kappa shape index (κ2) is 9.24. The van der Waals surface area contributed by atoms with Crippen molar-refractivity contribution in [3.05, 3.63) is 69.7 Å². The van der Waals surface area contributed by atoms with E-state index in [-0.39, 0.29) is 11.3 Å². The van der Waals surface area contributed by atoms with E-state index in [2.05, 4.69) is 61.1 Å². The van der Waals surface area contributed by atoms with Crippen molar-refractivity contribution in [1.82, 2.24) is 16.0 Å². The molecule has 1 aliphatic rings. The Labute approximate surface area is 175 Å². The van der Waals surface area contributed by atoms with Gasteiger partial charge in [-0.1, -0.05) is 46.3 Å². The molecule has 0 atom stereocenters. The fraction of sp³-hybridized carbons (Fsp3) is 0.364. The van der Waals surface area contributed by atoms with Crippen LogP contribution in [0.3, 0.4) is 0 Å². The molecule has 0 heterocycles. The Morgan fingerprint density at radius 1 is 1.14 bits per heavy atom. The van der Waals surface area contributed by atoms with E-state index >= 15 is 0 Å². The summed E-state index contributed by atoms with van der Waals surface area (Å²) in [7, 11) is 3.44. The van der Waals surface area contributed by atoms with E-state index in [9.17, 15) is 4.79 Å². The average molecular weight is 443 g/mol. The number of nitrogens with zero attached hydrogens (tertiary/aromatic N) is 1. The van der Waals surface area contributed by atoms with Crippen molar-refractivity contribution in [2.75, 3.05) is 27.2 Å². The highest BCUT2D eigenvalue weighted by Gasteiger charge is 2.45. The summed E-state index contributed by atoms with van der Waals surface area (Å²) in [6.07, 6.45) is 3.19. The molecule has 0 unspecified atom stereocenters. The van der Waals surface area contributed by atoms with Crippen molar-refractivity contribution in [3.63, 3.8) is 0 Å². The van der Waals surface area contributed by atoms with Crippen LogP contribution in [0.1, 0.15) is 34.3 Å². The average Bonchev–Trinajstić information content (AvgIpc) is 3.51. The summed E-state index contributed by atoms with van der Waals surface area (Å²) in [6.45, 7) is 1.61. The Kier molecular flexibility index (Phi) is 6.73. The molecule has 28 heavy (non-hydrogen) atoms. The van der Waals surface area contributed by atoms with Gasteiger partial charge in [0.05, 0.1) is 0 Å². The molecular formula is C22H27BrN4O. The lowest BCUT2D eigenvalue weighted by atomic mass is 9.96. The first kappa shape index (κ1) is 20.4. The Balaban J connectivity index is 1.51. The number of carbonyl (C=O) groups is 1. The molecule has 2 aromatic carbocycles. The van der Waals surface area contributed by atoms with E-state index in [4.69, 9.17) is 0 Å². The largest absolute Gasteiger partial charge is 0.356 e. The standard InChI is InChI=1S/C22H27BrN4O/c1-24-20(28)17-7-5-6-16(14-17)10-13-26-21(25-2)27-15-22(11-12-22)18-8-3-4-9-19(18)23/h3-9,14H,10-13,15H2,1-2H3,(H,24,28)(H2,25,26,27). The number of aliphatic imine (C=N–C) groups is 1. The van der Waals surface area contributed by atoms with E-state index in [1.54, 1.807) is 14.1 Å². The second-order valence-corrected chi connectivity index (χ2v) is 8.00. The monoisotopic (exact) mass is 442 g/mol. The summed E-state index contributed by atoms with van der Waals surface area (Å²) >= 11 is 3.68. The zero-order valence-corrected chi connectivity index (χ0v) is 18.0. The van der Waals surface area contributed by atoms with Gasteiger partial charge in [-0.25, -0.2) is 0 Å². The summed E-state index contributed by atoms with van der Waals surface area (Å²) in [5, 5.41) is 9.51. The van der Waals surface area contributed by atoms with Crippen LogP contribution in [0.2, 0.25) is 0 Å². The summed E-state index contributed by atoms with van der Waals surface area (Å²) in [6, 6.07) is 16.2. The van der Waals surface area contributed by atoms with Gasteiger partial charge in [0.1, 0.15) is 0 Å². The van der Waals surface area contributed by atoms with Crippen LogP contribution in [0.5, 0.6) is 0 Å². The Morgan fingerprint density at radius 3 is 2.61 bits per heavy atom. The normalized spacial score (nSPS) is 15.0. The van der Waals surface area contributed by atoms with Crippen LogP contribution in [0, 0.1) is 0 Å². The molecule has 0 aromatic heterocycles. The molecule has 0 radical (unpaired) electrons. The highest BCUT2D eigenvalue weighted by molar-refractivity contribution is 9.10. The lowest BCUT2D eigenvalue weighted by Gasteiger charge is -2.20. The van der Waals surface area contributed by atoms with Gasteiger partial charge in [0, 0.05) is 42.6 Å². The summed E-state index contributed by atoms with van der Waals surface area (Å²) in [5.74, 6) is 0.745. The molecule has 5 nitrogen and oxygen atoms in total. The van der Waals surface area contributed by atoms with Gasteiger partial charge in [-0.15, -0.1) is 0 Å². The van der Waals surface area contributed by atoms with Gasteiger partial charge in [-0.2, -0.15) is 0 Å². The lowest BCUT2D eigenvalue weighted by Crippen LogP contribution is -2.42. The van der Waals surface area contributed by atoms with Crippen molar-refractivity contribution in [3.8, 4) is 0 Å². The summed E-state index contributed by atoms with van der Waals surface area (Å²) < 4.78 is 1.17. The van der Waals surface area contributed by atoms with E-state index < -0.39 is 0 Å². The fourth-order valence-electron chi connectivity index (χ4n) is 3.39. The van der Waals surface area contributed by atoms with Crippen molar-refractivity contribution in [1.29, 1.82) is 0 Å². The minimum absolute atomic E-state index is 0.0610. The first-order valence-electron chi connectivity index (χ1n) is 9.58. The first-order valence-corrected chi connectivity index (χ1v) is 10.4. The number of hydrogen-bond acceptors (Lipinski definition) is 2. The Bertz CT molecular complexity index is 861. The molecule has 3 rings (SSSR count). The van der Waals surface area contributed by atoms with Crippen LogP contribution in [0.4, 0.5) is 0 Å². The first-order chi connectivity index (χ1) is 13.6. The minimum Gasteiger partial charge on any atom is -0.356 e. The lowest BCUT2D eigenvalue weighted by molar-refractivity contribution is 0.0963. The van der Waals surface area contributed by atoms with Crippen LogP contribution < -0.4 is 16.0 Å². The van der Waals surface area contributed by atoms with Crippen molar-refractivity contribution in [2.45, 2.75) is 24.7 Å². The van der Waals surface area contributed by atoms with Gasteiger partial charge in [-0.05, 0) is 48.6 Å². The highest BCUT2D eigenvalue weighted by atomic mass is 79.9. The van der Waals surface area contributed by atoms with Crippen molar-refractivity contribution >= 4 is 27.8 Å². The van der Waals surface area contributed by atoms with Gasteiger partial charge in [-0.3, -0.25) is 9.79 Å². The number of benzene rings is 2. The fourth-order valence-corrected chi connectivity index (χ4v) is 4.10. The maximum atomic E-state index is 11.8. The molecule has 1 fully saturated rings. The third-order valence-corrected chi connectivity index (χ3v) is 5.93. The number of guanidine groups is 1. The maximum absolute atomic E-state index is 11.8. The molecule has 0 bridgehead atoms. The number of nitrogens with one attached hydrogen (secondary N) is 3. The predicted molar refractivity (Wildman–Crippen MR) is 118 cm³/mol. The maximum Gasteiger partial charge on any atom is 0.251 e. The zero-order chi connectivity index (χ0) is 20.0. The van der Waals surface area contributed by atoms with Crippen LogP contribution in [0.15, 0.2) is 58.0 Å². The van der Waals surface area contributed by atoms with Gasteiger partial charge in [0.2, 0.25) is 0 Å². The molecular weight excluding hydrogens is 416 g/mol. The van der Waals surface area contributed by atoms with Gasteiger partial charge >= 0.3 is 0 Å². The number of carbonyl (C=O) groups excluding carboxylic acids is 1. The Morgan fingerprint density at radius 2 is 1.93 bits per heavy atom. The molecule has 1 amide bonds. The zero-order valence-electron chi connectivity index (χ0n) is 16.4. The van der Waals surface area contributed by atoms with Crippen LogP contribution in [-0.2, 0) is 11.8 Å². The minimum atomic E-state index is -0.0610. The number of amides is 1. The van der Waals surface area contributed by atoms with Crippen LogP contribution in [-0.4, -0.2) is 39.1 Å². The molecule has 6 heteroatoms. The highest BCUT2D eigenvalue weighted by Crippen LogP contribution is 2.49. The number of rotatable bonds is 7. The SMILES string of the molecule is CN=C(NCCc1cccc(C(=O)NC)c1)NCC1(c2ccccc2Br)CC1. The van der Waals surface area contributed by atoms with Gasteiger partial charge in [0.15, 0.2) is 5.96 Å². The van der Waals surface area contributed by atoms with E-state index in [1.807, 2.05) is 24.3 Å². The molecule has 0 saturated heterocycles. The van der Waals surface area contributed by atoms with Crippen molar-refractivity contribution in [2.24, 2.45) is 4.99 Å².